The Kier molecular flexibility index (Phi) is 7.40. The lowest BCUT2D eigenvalue weighted by atomic mass is 10.0. The number of amides is 2. The van der Waals surface area contributed by atoms with Crippen LogP contribution in [0, 0.1) is 0 Å². The van der Waals surface area contributed by atoms with Gasteiger partial charge in [-0.05, 0) is 38.8 Å². The van der Waals surface area contributed by atoms with Gasteiger partial charge in [0.25, 0.3) is 5.91 Å². The second kappa shape index (κ2) is 10.7. The number of hydrogen-bond donors (Lipinski definition) is 1. The van der Waals surface area contributed by atoms with E-state index in [1.54, 1.807) is 35.8 Å². The van der Waals surface area contributed by atoms with Crippen LogP contribution < -0.4 is 24.6 Å². The van der Waals surface area contributed by atoms with Crippen molar-refractivity contribution in [2.45, 2.75) is 64.3 Å². The molecule has 1 N–H and O–H groups in total. The number of rotatable bonds is 6. The third-order valence-corrected chi connectivity index (χ3v) is 7.45. The third kappa shape index (κ3) is 5.87. The lowest BCUT2D eigenvalue weighted by Crippen LogP contribution is -2.55. The molecule has 2 fully saturated rings. The molecule has 0 spiro atoms. The number of anilines is 4. The number of aromatic nitrogens is 2. The Balaban J connectivity index is 1.43. The van der Waals surface area contributed by atoms with Crippen LogP contribution in [0.5, 0.6) is 11.5 Å². The molecule has 2 amide bonds. The molecule has 216 valence electrons. The van der Waals surface area contributed by atoms with Gasteiger partial charge in [-0.2, -0.15) is 18.2 Å². The summed E-state index contributed by atoms with van der Waals surface area (Å²) in [5.74, 6) is 0.575. The van der Waals surface area contributed by atoms with Gasteiger partial charge in [-0.1, -0.05) is 12.8 Å². The van der Waals surface area contributed by atoms with Gasteiger partial charge in [-0.25, -0.2) is 4.98 Å². The van der Waals surface area contributed by atoms with Gasteiger partial charge in [0.15, 0.2) is 23.8 Å². The Hall–Kier alpha value is -3.77. The number of fused-ring (bicyclic) bond motifs is 1. The summed E-state index contributed by atoms with van der Waals surface area (Å²) in [4.78, 5) is 39.3. The fourth-order valence-corrected chi connectivity index (χ4v) is 5.36. The zero-order valence-corrected chi connectivity index (χ0v) is 22.8. The van der Waals surface area contributed by atoms with E-state index in [-0.39, 0.29) is 35.2 Å². The van der Waals surface area contributed by atoms with Crippen molar-refractivity contribution in [2.75, 3.05) is 47.9 Å². The van der Waals surface area contributed by atoms with Crippen molar-refractivity contribution < 1.29 is 32.2 Å². The van der Waals surface area contributed by atoms with Crippen molar-refractivity contribution in [2.24, 2.45) is 0 Å². The second-order valence-corrected chi connectivity index (χ2v) is 10.8. The summed E-state index contributed by atoms with van der Waals surface area (Å²) in [6.45, 7) is 5.58. The third-order valence-electron chi connectivity index (χ3n) is 7.45. The Morgan fingerprint density at radius 3 is 2.52 bits per heavy atom. The standard InChI is InChI=1S/C27H33F3N6O4/c1-17(37)34-10-12-35(13-11-34)19-8-9-20(21(14-19)39-16-27(28,29)30)32-25-31-15-22-23(33-25)36(18-6-4-5-7-18)24(38)26(2,3)40-22/h8-9,14-15,18H,4-7,10-13,16H2,1-3H3,(H,31,32,33). The molecule has 1 aromatic carbocycles. The average Bonchev–Trinajstić information content (AvgIpc) is 3.43. The summed E-state index contributed by atoms with van der Waals surface area (Å²) in [6, 6.07) is 4.91. The molecule has 10 nitrogen and oxygen atoms in total. The minimum absolute atomic E-state index is 0.00870. The smallest absolute Gasteiger partial charge is 0.422 e. The number of nitrogens with zero attached hydrogens (tertiary/aromatic N) is 5. The largest absolute Gasteiger partial charge is 0.482 e. The van der Waals surface area contributed by atoms with Crippen LogP contribution >= 0.6 is 0 Å². The number of halogens is 3. The van der Waals surface area contributed by atoms with Crippen molar-refractivity contribution >= 4 is 35.0 Å². The van der Waals surface area contributed by atoms with Crippen LogP contribution in [-0.2, 0) is 9.59 Å². The van der Waals surface area contributed by atoms with Gasteiger partial charge in [0.2, 0.25) is 11.9 Å². The van der Waals surface area contributed by atoms with Gasteiger partial charge in [0, 0.05) is 50.9 Å². The fraction of sp³-hybridized carbons (Fsp3) is 0.556. The number of ether oxygens (including phenoxy) is 2. The Morgan fingerprint density at radius 2 is 1.88 bits per heavy atom. The first-order valence-corrected chi connectivity index (χ1v) is 13.4. The van der Waals surface area contributed by atoms with Gasteiger partial charge in [-0.15, -0.1) is 0 Å². The van der Waals surface area contributed by atoms with Crippen LogP contribution in [0.2, 0.25) is 0 Å². The number of carbonyl (C=O) groups excluding carboxylic acids is 2. The number of hydrogen-bond acceptors (Lipinski definition) is 8. The molecule has 2 aliphatic heterocycles. The highest BCUT2D eigenvalue weighted by molar-refractivity contribution is 6.02. The highest BCUT2D eigenvalue weighted by Gasteiger charge is 2.45. The summed E-state index contributed by atoms with van der Waals surface area (Å²) in [6.07, 6.45) is 0.667. The molecule has 0 bridgehead atoms. The Bertz CT molecular complexity index is 1270. The van der Waals surface area contributed by atoms with Crippen molar-refractivity contribution in [1.82, 2.24) is 14.9 Å². The molecule has 0 unspecified atom stereocenters. The summed E-state index contributed by atoms with van der Waals surface area (Å²) in [7, 11) is 0. The van der Waals surface area contributed by atoms with E-state index in [1.165, 1.54) is 19.2 Å². The molecule has 1 aromatic heterocycles. The van der Waals surface area contributed by atoms with E-state index in [2.05, 4.69) is 15.3 Å². The van der Waals surface area contributed by atoms with Gasteiger partial charge >= 0.3 is 6.18 Å². The zero-order chi connectivity index (χ0) is 28.7. The molecule has 5 rings (SSSR count). The molecule has 40 heavy (non-hydrogen) atoms. The maximum absolute atomic E-state index is 13.3. The Morgan fingerprint density at radius 1 is 1.18 bits per heavy atom. The quantitative estimate of drug-likeness (QED) is 0.557. The van der Waals surface area contributed by atoms with E-state index >= 15 is 0 Å². The van der Waals surface area contributed by atoms with E-state index in [9.17, 15) is 22.8 Å². The number of benzene rings is 1. The molecule has 0 atom stereocenters. The number of carbonyl (C=O) groups is 2. The van der Waals surface area contributed by atoms with E-state index in [4.69, 9.17) is 9.47 Å². The van der Waals surface area contributed by atoms with Crippen LogP contribution in [0.3, 0.4) is 0 Å². The van der Waals surface area contributed by atoms with Crippen molar-refractivity contribution in [3.05, 3.63) is 24.4 Å². The maximum Gasteiger partial charge on any atom is 0.422 e. The molecule has 2 aromatic rings. The monoisotopic (exact) mass is 562 g/mol. The average molecular weight is 563 g/mol. The highest BCUT2D eigenvalue weighted by Crippen LogP contribution is 2.41. The first kappa shape index (κ1) is 27.8. The molecule has 1 aliphatic carbocycles. The first-order valence-electron chi connectivity index (χ1n) is 13.4. The van der Waals surface area contributed by atoms with Crippen molar-refractivity contribution in [1.29, 1.82) is 0 Å². The summed E-state index contributed by atoms with van der Waals surface area (Å²) >= 11 is 0. The minimum Gasteiger partial charge on any atom is -0.482 e. The normalized spacial score (nSPS) is 19.4. The van der Waals surface area contributed by atoms with Crippen LogP contribution in [0.25, 0.3) is 0 Å². The van der Waals surface area contributed by atoms with Crippen molar-refractivity contribution in [3.8, 4) is 11.5 Å². The highest BCUT2D eigenvalue weighted by atomic mass is 19.4. The minimum atomic E-state index is -4.53. The second-order valence-electron chi connectivity index (χ2n) is 10.8. The molecule has 3 heterocycles. The van der Waals surface area contributed by atoms with Gasteiger partial charge < -0.3 is 24.6 Å². The molecular weight excluding hydrogens is 529 g/mol. The predicted octanol–water partition coefficient (Wildman–Crippen LogP) is 4.28. The number of nitrogens with one attached hydrogen (secondary N) is 1. The topological polar surface area (TPSA) is 100 Å². The predicted molar refractivity (Wildman–Crippen MR) is 142 cm³/mol. The molecule has 3 aliphatic rings. The van der Waals surface area contributed by atoms with E-state index in [0.717, 1.165) is 25.7 Å². The summed E-state index contributed by atoms with van der Waals surface area (Å²) < 4.78 is 50.4. The van der Waals surface area contributed by atoms with Gasteiger partial charge in [0.1, 0.15) is 5.75 Å². The Labute approximate surface area is 230 Å². The van der Waals surface area contributed by atoms with E-state index < -0.39 is 18.4 Å². The first-order chi connectivity index (χ1) is 18.9. The molecule has 13 heteroatoms. The van der Waals surface area contributed by atoms with Crippen LogP contribution in [0.15, 0.2) is 24.4 Å². The SMILES string of the molecule is CC(=O)N1CCN(c2ccc(Nc3ncc4c(n3)N(C3CCCC3)C(=O)C(C)(C)O4)c(OCC(F)(F)F)c2)CC1. The van der Waals surface area contributed by atoms with Crippen LogP contribution in [0.1, 0.15) is 46.5 Å². The van der Waals surface area contributed by atoms with E-state index in [0.29, 0.717) is 43.4 Å². The zero-order valence-electron chi connectivity index (χ0n) is 22.8. The molecule has 1 saturated heterocycles. The number of piperazine rings is 1. The maximum atomic E-state index is 13.3. The summed E-state index contributed by atoms with van der Waals surface area (Å²) in [5.41, 5.74) is -0.157. The molecule has 1 saturated carbocycles. The van der Waals surface area contributed by atoms with Gasteiger partial charge in [0.05, 0.1) is 11.9 Å². The number of alkyl halides is 3. The van der Waals surface area contributed by atoms with Crippen LogP contribution in [-0.4, -0.2) is 77.3 Å². The van der Waals surface area contributed by atoms with Crippen molar-refractivity contribution in [3.63, 3.8) is 0 Å². The molecule has 0 radical (unpaired) electrons. The summed E-state index contributed by atoms with van der Waals surface area (Å²) in [5, 5.41) is 2.98. The molecular formula is C27H33F3N6O4. The van der Waals surface area contributed by atoms with Crippen LogP contribution in [0.4, 0.5) is 36.3 Å². The lowest BCUT2D eigenvalue weighted by molar-refractivity contribution is -0.153. The fourth-order valence-electron chi connectivity index (χ4n) is 5.36. The lowest BCUT2D eigenvalue weighted by Gasteiger charge is -2.40. The van der Waals surface area contributed by atoms with Gasteiger partial charge in [-0.3, -0.25) is 14.5 Å². The van der Waals surface area contributed by atoms with E-state index in [1.807, 2.05) is 4.90 Å².